The molecule has 2 N–H and O–H groups in total. The van der Waals surface area contributed by atoms with Gasteiger partial charge in [0.15, 0.2) is 0 Å². The second-order valence-corrected chi connectivity index (χ2v) is 7.55. The SMILES string of the molecule is COc1cccc(C(C#N)NC(=O)C2CCCCC2NC(=O)OCc2ccccc2)c1. The minimum atomic E-state index is -0.796. The molecule has 3 unspecified atom stereocenters. The summed E-state index contributed by atoms with van der Waals surface area (Å²) in [6, 6.07) is 17.5. The Balaban J connectivity index is 1.60. The van der Waals surface area contributed by atoms with Gasteiger partial charge in [0.25, 0.3) is 0 Å². The van der Waals surface area contributed by atoms with Crippen molar-refractivity contribution in [1.82, 2.24) is 10.6 Å². The lowest BCUT2D eigenvalue weighted by atomic mass is 9.83. The van der Waals surface area contributed by atoms with Gasteiger partial charge >= 0.3 is 6.09 Å². The van der Waals surface area contributed by atoms with E-state index in [0.717, 1.165) is 18.4 Å². The molecule has 0 bridgehead atoms. The highest BCUT2D eigenvalue weighted by Gasteiger charge is 2.33. The van der Waals surface area contributed by atoms with E-state index in [1.165, 1.54) is 0 Å². The predicted octanol–water partition coefficient (Wildman–Crippen LogP) is 3.86. The van der Waals surface area contributed by atoms with Gasteiger partial charge in [0, 0.05) is 6.04 Å². The normalized spacial score (nSPS) is 18.8. The number of hydrogen-bond acceptors (Lipinski definition) is 5. The summed E-state index contributed by atoms with van der Waals surface area (Å²) in [7, 11) is 1.55. The zero-order valence-electron chi connectivity index (χ0n) is 17.5. The van der Waals surface area contributed by atoms with Gasteiger partial charge in [-0.25, -0.2) is 4.79 Å². The van der Waals surface area contributed by atoms with E-state index < -0.39 is 18.1 Å². The van der Waals surface area contributed by atoms with Crippen molar-refractivity contribution in [1.29, 1.82) is 5.26 Å². The molecular weight excluding hydrogens is 394 g/mol. The Morgan fingerprint density at radius 1 is 1.13 bits per heavy atom. The van der Waals surface area contributed by atoms with Crippen molar-refractivity contribution >= 4 is 12.0 Å². The van der Waals surface area contributed by atoms with Crippen LogP contribution in [0, 0.1) is 17.2 Å². The largest absolute Gasteiger partial charge is 0.497 e. The van der Waals surface area contributed by atoms with Gasteiger partial charge < -0.3 is 20.1 Å². The molecule has 0 heterocycles. The van der Waals surface area contributed by atoms with Gasteiger partial charge in [-0.2, -0.15) is 5.26 Å². The van der Waals surface area contributed by atoms with Crippen LogP contribution in [-0.2, 0) is 16.1 Å². The predicted molar refractivity (Wildman–Crippen MR) is 115 cm³/mol. The summed E-state index contributed by atoms with van der Waals surface area (Å²) in [6.07, 6.45) is 2.61. The number of rotatable bonds is 7. The maximum absolute atomic E-state index is 13.0. The first-order chi connectivity index (χ1) is 15.1. The number of ether oxygens (including phenoxy) is 2. The van der Waals surface area contributed by atoms with Crippen molar-refractivity contribution < 1.29 is 19.1 Å². The van der Waals surface area contributed by atoms with E-state index in [0.29, 0.717) is 24.2 Å². The maximum Gasteiger partial charge on any atom is 0.407 e. The monoisotopic (exact) mass is 421 g/mol. The standard InChI is InChI=1S/C24H27N3O4/c1-30-19-11-7-10-18(14-19)22(15-25)26-23(28)20-12-5-6-13-21(20)27-24(29)31-16-17-8-3-2-4-9-17/h2-4,7-11,14,20-22H,5-6,12-13,16H2,1H3,(H,26,28)(H,27,29). The van der Waals surface area contributed by atoms with Crippen LogP contribution in [0.2, 0.25) is 0 Å². The molecule has 0 aromatic heterocycles. The number of amides is 2. The maximum atomic E-state index is 13.0. The van der Waals surface area contributed by atoms with Gasteiger partial charge in [-0.3, -0.25) is 4.79 Å². The highest BCUT2D eigenvalue weighted by atomic mass is 16.5. The molecule has 7 heteroatoms. The van der Waals surface area contributed by atoms with Crippen molar-refractivity contribution in [3.05, 3.63) is 65.7 Å². The Morgan fingerprint density at radius 2 is 1.90 bits per heavy atom. The molecule has 0 aliphatic heterocycles. The first kappa shape index (κ1) is 22.2. The summed E-state index contributed by atoms with van der Waals surface area (Å²) in [5, 5.41) is 15.2. The Kier molecular flexibility index (Phi) is 7.88. The molecule has 31 heavy (non-hydrogen) atoms. The lowest BCUT2D eigenvalue weighted by molar-refractivity contribution is -0.127. The number of methoxy groups -OCH3 is 1. The lowest BCUT2D eigenvalue weighted by Gasteiger charge is -2.31. The number of nitriles is 1. The number of hydrogen-bond donors (Lipinski definition) is 2. The smallest absolute Gasteiger partial charge is 0.407 e. The van der Waals surface area contributed by atoms with E-state index in [9.17, 15) is 14.9 Å². The Morgan fingerprint density at radius 3 is 2.65 bits per heavy atom. The van der Waals surface area contributed by atoms with Crippen molar-refractivity contribution in [2.75, 3.05) is 7.11 Å². The minimum Gasteiger partial charge on any atom is -0.497 e. The molecule has 0 spiro atoms. The molecule has 0 saturated heterocycles. The Hall–Kier alpha value is -3.53. The van der Waals surface area contributed by atoms with Crippen molar-refractivity contribution in [3.8, 4) is 11.8 Å². The van der Waals surface area contributed by atoms with Crippen molar-refractivity contribution in [3.63, 3.8) is 0 Å². The molecule has 2 amide bonds. The van der Waals surface area contributed by atoms with Crippen molar-refractivity contribution in [2.45, 2.75) is 44.4 Å². The summed E-state index contributed by atoms with van der Waals surface area (Å²) in [4.78, 5) is 25.3. The van der Waals surface area contributed by atoms with Crippen LogP contribution in [0.3, 0.4) is 0 Å². The summed E-state index contributed by atoms with van der Waals surface area (Å²) in [6.45, 7) is 0.169. The van der Waals surface area contributed by atoms with Gasteiger partial charge in [0.05, 0.1) is 19.1 Å². The number of alkyl carbamates (subject to hydrolysis) is 1. The van der Waals surface area contributed by atoms with Gasteiger partial charge in [0.1, 0.15) is 18.4 Å². The molecule has 2 aromatic carbocycles. The first-order valence-corrected chi connectivity index (χ1v) is 10.4. The second kappa shape index (κ2) is 11.0. The van der Waals surface area contributed by atoms with E-state index >= 15 is 0 Å². The van der Waals surface area contributed by atoms with E-state index in [-0.39, 0.29) is 18.6 Å². The fourth-order valence-electron chi connectivity index (χ4n) is 3.79. The summed E-state index contributed by atoms with van der Waals surface area (Å²) >= 11 is 0. The summed E-state index contributed by atoms with van der Waals surface area (Å²) in [5.41, 5.74) is 1.54. The van der Waals surface area contributed by atoms with E-state index in [2.05, 4.69) is 16.7 Å². The van der Waals surface area contributed by atoms with Gasteiger partial charge in [-0.05, 0) is 36.1 Å². The number of carbonyl (C=O) groups is 2. The van der Waals surface area contributed by atoms with E-state index in [1.807, 2.05) is 30.3 Å². The third-order valence-electron chi connectivity index (χ3n) is 5.46. The molecule has 3 rings (SSSR count). The van der Waals surface area contributed by atoms with E-state index in [1.54, 1.807) is 31.4 Å². The quantitative estimate of drug-likeness (QED) is 0.707. The molecule has 162 valence electrons. The van der Waals surface area contributed by atoms with E-state index in [4.69, 9.17) is 9.47 Å². The lowest BCUT2D eigenvalue weighted by Crippen LogP contribution is -2.49. The first-order valence-electron chi connectivity index (χ1n) is 10.4. The van der Waals surface area contributed by atoms with Crippen LogP contribution in [0.5, 0.6) is 5.75 Å². The highest BCUT2D eigenvalue weighted by Crippen LogP contribution is 2.26. The van der Waals surface area contributed by atoms with Gasteiger partial charge in [0.2, 0.25) is 5.91 Å². The van der Waals surface area contributed by atoms with Crippen LogP contribution < -0.4 is 15.4 Å². The molecule has 1 fully saturated rings. The van der Waals surface area contributed by atoms with Crippen molar-refractivity contribution in [2.24, 2.45) is 5.92 Å². The molecule has 1 saturated carbocycles. The van der Waals surface area contributed by atoms with Crippen LogP contribution in [-0.4, -0.2) is 25.2 Å². The van der Waals surface area contributed by atoms with Crippen LogP contribution in [0.4, 0.5) is 4.79 Å². The molecule has 1 aliphatic rings. The molecule has 0 radical (unpaired) electrons. The topological polar surface area (TPSA) is 100 Å². The summed E-state index contributed by atoms with van der Waals surface area (Å²) < 4.78 is 10.5. The zero-order valence-corrected chi connectivity index (χ0v) is 17.5. The molecule has 7 nitrogen and oxygen atoms in total. The molecular formula is C24H27N3O4. The Labute approximate surface area is 182 Å². The van der Waals surface area contributed by atoms with Crippen LogP contribution in [0.25, 0.3) is 0 Å². The van der Waals surface area contributed by atoms with Gasteiger partial charge in [-0.15, -0.1) is 0 Å². The fraction of sp³-hybridized carbons (Fsp3) is 0.375. The van der Waals surface area contributed by atoms with Crippen LogP contribution in [0.1, 0.15) is 42.9 Å². The van der Waals surface area contributed by atoms with Gasteiger partial charge in [-0.1, -0.05) is 55.3 Å². The Bertz CT molecular complexity index is 926. The highest BCUT2D eigenvalue weighted by molar-refractivity contribution is 5.81. The number of benzene rings is 2. The second-order valence-electron chi connectivity index (χ2n) is 7.55. The fourth-order valence-corrected chi connectivity index (χ4v) is 3.79. The zero-order chi connectivity index (χ0) is 22.1. The summed E-state index contributed by atoms with van der Waals surface area (Å²) in [5.74, 6) is -0.0488. The third kappa shape index (κ3) is 6.22. The average Bonchev–Trinajstić information content (AvgIpc) is 2.82. The van der Waals surface area contributed by atoms with Crippen LogP contribution >= 0.6 is 0 Å². The average molecular weight is 421 g/mol. The number of nitrogens with one attached hydrogen (secondary N) is 2. The molecule has 3 atom stereocenters. The number of nitrogens with zero attached hydrogens (tertiary/aromatic N) is 1. The van der Waals surface area contributed by atoms with Crippen LogP contribution in [0.15, 0.2) is 54.6 Å². The number of carbonyl (C=O) groups excluding carboxylic acids is 2. The third-order valence-corrected chi connectivity index (χ3v) is 5.46. The molecule has 2 aromatic rings. The molecule has 1 aliphatic carbocycles. The minimum absolute atomic E-state index is 0.169.